The number of aromatic nitrogens is 2. The van der Waals surface area contributed by atoms with Gasteiger partial charge in [-0.05, 0) is 22.9 Å². The Morgan fingerprint density at radius 2 is 2.57 bits per heavy atom. The molecule has 0 spiro atoms. The number of hydrogen-bond donors (Lipinski definition) is 0. The average Bonchev–Trinajstić information content (AvgIpc) is 2.48. The molecule has 0 amide bonds. The Labute approximate surface area is 90.7 Å². The molecule has 5 heteroatoms. The van der Waals surface area contributed by atoms with E-state index in [1.54, 1.807) is 23.9 Å². The van der Waals surface area contributed by atoms with Gasteiger partial charge in [-0.3, -0.25) is 4.68 Å². The minimum absolute atomic E-state index is 0.359. The Kier molecular flexibility index (Phi) is 3.88. The van der Waals surface area contributed by atoms with Gasteiger partial charge >= 0.3 is 5.97 Å². The highest BCUT2D eigenvalue weighted by Gasteiger charge is 2.14. The summed E-state index contributed by atoms with van der Waals surface area (Å²) in [4.78, 5) is 11.4. The molecule has 0 aliphatic heterocycles. The van der Waals surface area contributed by atoms with E-state index in [2.05, 4.69) is 27.6 Å². The van der Waals surface area contributed by atoms with Crippen molar-refractivity contribution in [3.05, 3.63) is 29.0 Å². The molecular formula is C9H11BrN2O2. The van der Waals surface area contributed by atoms with Gasteiger partial charge < -0.3 is 4.74 Å². The molecule has 0 aliphatic carbocycles. The van der Waals surface area contributed by atoms with Crippen molar-refractivity contribution >= 4 is 21.9 Å². The fourth-order valence-electron chi connectivity index (χ4n) is 0.969. The second-order valence-corrected chi connectivity index (χ2v) is 3.32. The van der Waals surface area contributed by atoms with Crippen LogP contribution in [0, 0.1) is 0 Å². The van der Waals surface area contributed by atoms with E-state index in [0.29, 0.717) is 23.3 Å². The molecule has 0 saturated heterocycles. The molecule has 4 nitrogen and oxygen atoms in total. The number of ether oxygens (including phenoxy) is 1. The van der Waals surface area contributed by atoms with Gasteiger partial charge in [-0.15, -0.1) is 6.58 Å². The molecule has 0 unspecified atom stereocenters. The maximum Gasteiger partial charge on any atom is 0.342 e. The summed E-state index contributed by atoms with van der Waals surface area (Å²) in [6, 6.07) is 0. The molecular weight excluding hydrogens is 248 g/mol. The number of rotatable bonds is 4. The van der Waals surface area contributed by atoms with Crippen molar-refractivity contribution < 1.29 is 9.53 Å². The normalized spacial score (nSPS) is 9.86. The lowest BCUT2D eigenvalue weighted by Crippen LogP contribution is -2.04. The van der Waals surface area contributed by atoms with E-state index >= 15 is 0 Å². The van der Waals surface area contributed by atoms with Crippen LogP contribution in [-0.4, -0.2) is 22.4 Å². The second kappa shape index (κ2) is 4.95. The van der Waals surface area contributed by atoms with Crippen LogP contribution in [0.15, 0.2) is 23.5 Å². The molecule has 0 N–H and O–H groups in total. The molecule has 0 aliphatic rings. The van der Waals surface area contributed by atoms with E-state index in [1.165, 1.54) is 0 Å². The van der Waals surface area contributed by atoms with Crippen molar-refractivity contribution in [1.29, 1.82) is 0 Å². The van der Waals surface area contributed by atoms with E-state index in [0.717, 1.165) is 0 Å². The van der Waals surface area contributed by atoms with Crippen molar-refractivity contribution in [2.45, 2.75) is 13.5 Å². The van der Waals surface area contributed by atoms with Crippen LogP contribution in [0.5, 0.6) is 0 Å². The second-order valence-electron chi connectivity index (χ2n) is 2.56. The Morgan fingerprint density at radius 1 is 1.86 bits per heavy atom. The molecule has 1 aromatic rings. The summed E-state index contributed by atoms with van der Waals surface area (Å²) >= 11 is 3.19. The molecule has 0 aromatic carbocycles. The van der Waals surface area contributed by atoms with Gasteiger partial charge in [-0.2, -0.15) is 5.10 Å². The summed E-state index contributed by atoms with van der Waals surface area (Å²) in [5.41, 5.74) is 0.439. The van der Waals surface area contributed by atoms with Crippen LogP contribution in [0.4, 0.5) is 0 Å². The lowest BCUT2D eigenvalue weighted by atomic mass is 10.4. The first kappa shape index (κ1) is 11.0. The van der Waals surface area contributed by atoms with E-state index in [-0.39, 0.29) is 5.97 Å². The first-order chi connectivity index (χ1) is 6.69. The van der Waals surface area contributed by atoms with Crippen LogP contribution in [0.2, 0.25) is 0 Å². The Hall–Kier alpha value is -1.10. The van der Waals surface area contributed by atoms with Crippen LogP contribution in [-0.2, 0) is 11.3 Å². The number of hydrogen-bond acceptors (Lipinski definition) is 3. The third-order valence-electron chi connectivity index (χ3n) is 1.53. The van der Waals surface area contributed by atoms with Gasteiger partial charge in [-0.1, -0.05) is 6.08 Å². The third kappa shape index (κ3) is 2.45. The molecule has 0 bridgehead atoms. The average molecular weight is 259 g/mol. The zero-order valence-corrected chi connectivity index (χ0v) is 9.45. The Bertz CT molecular complexity index is 347. The van der Waals surface area contributed by atoms with Gasteiger partial charge in [0.1, 0.15) is 10.2 Å². The van der Waals surface area contributed by atoms with Crippen LogP contribution in [0.1, 0.15) is 17.3 Å². The number of allylic oxidation sites excluding steroid dienone is 1. The van der Waals surface area contributed by atoms with Crippen LogP contribution < -0.4 is 0 Å². The number of halogens is 1. The van der Waals surface area contributed by atoms with Crippen molar-refractivity contribution in [3.8, 4) is 0 Å². The molecule has 1 rings (SSSR count). The predicted octanol–water partition coefficient (Wildman–Crippen LogP) is 2.01. The monoisotopic (exact) mass is 258 g/mol. The molecule has 1 heterocycles. The first-order valence-electron chi connectivity index (χ1n) is 4.20. The smallest absolute Gasteiger partial charge is 0.342 e. The summed E-state index contributed by atoms with van der Waals surface area (Å²) in [6.45, 7) is 6.27. The summed E-state index contributed by atoms with van der Waals surface area (Å²) in [7, 11) is 0. The van der Waals surface area contributed by atoms with E-state index in [1.807, 2.05) is 0 Å². The highest BCUT2D eigenvalue weighted by atomic mass is 79.9. The summed E-state index contributed by atoms with van der Waals surface area (Å²) < 4.78 is 6.96. The van der Waals surface area contributed by atoms with Gasteiger partial charge in [0, 0.05) is 6.20 Å². The number of nitrogens with zero attached hydrogens (tertiary/aromatic N) is 2. The fraction of sp³-hybridized carbons (Fsp3) is 0.333. The molecule has 76 valence electrons. The maximum absolute atomic E-state index is 11.4. The number of carbonyl (C=O) groups is 1. The van der Waals surface area contributed by atoms with Crippen molar-refractivity contribution in [1.82, 2.24) is 9.78 Å². The molecule has 0 atom stereocenters. The summed E-state index contributed by atoms with van der Waals surface area (Å²) in [5, 5.41) is 4.06. The van der Waals surface area contributed by atoms with E-state index in [9.17, 15) is 4.79 Å². The standard InChI is InChI=1S/C9H11BrN2O2/c1-3-5-12-6-7(8(10)11-12)9(13)14-4-2/h3,6H,1,4-5H2,2H3. The van der Waals surface area contributed by atoms with E-state index < -0.39 is 0 Å². The minimum atomic E-state index is -0.366. The van der Waals surface area contributed by atoms with Gasteiger partial charge in [0.05, 0.1) is 13.2 Å². The fourth-order valence-corrected chi connectivity index (χ4v) is 1.44. The summed E-state index contributed by atoms with van der Waals surface area (Å²) in [5.74, 6) is -0.366. The highest BCUT2D eigenvalue weighted by Crippen LogP contribution is 2.15. The van der Waals surface area contributed by atoms with Crippen LogP contribution in [0.3, 0.4) is 0 Å². The Morgan fingerprint density at radius 3 is 3.14 bits per heavy atom. The molecule has 1 aromatic heterocycles. The van der Waals surface area contributed by atoms with E-state index in [4.69, 9.17) is 4.74 Å². The SMILES string of the molecule is C=CCn1cc(C(=O)OCC)c(Br)n1. The summed E-state index contributed by atoms with van der Waals surface area (Å²) in [6.07, 6.45) is 3.33. The first-order valence-corrected chi connectivity index (χ1v) is 4.99. The topological polar surface area (TPSA) is 44.1 Å². The minimum Gasteiger partial charge on any atom is -0.462 e. The Balaban J connectivity index is 2.86. The zero-order chi connectivity index (χ0) is 10.6. The van der Waals surface area contributed by atoms with Gasteiger partial charge in [0.2, 0.25) is 0 Å². The predicted molar refractivity (Wildman–Crippen MR) is 56.1 cm³/mol. The highest BCUT2D eigenvalue weighted by molar-refractivity contribution is 9.10. The molecule has 0 fully saturated rings. The van der Waals surface area contributed by atoms with Crippen LogP contribution >= 0.6 is 15.9 Å². The van der Waals surface area contributed by atoms with Gasteiger partial charge in [0.15, 0.2) is 0 Å². The number of esters is 1. The maximum atomic E-state index is 11.4. The largest absolute Gasteiger partial charge is 0.462 e. The van der Waals surface area contributed by atoms with Crippen molar-refractivity contribution in [2.75, 3.05) is 6.61 Å². The number of carbonyl (C=O) groups excluding carboxylic acids is 1. The molecule has 14 heavy (non-hydrogen) atoms. The lowest BCUT2D eigenvalue weighted by Gasteiger charge is -1.97. The molecule has 0 saturated carbocycles. The van der Waals surface area contributed by atoms with Gasteiger partial charge in [0.25, 0.3) is 0 Å². The van der Waals surface area contributed by atoms with Crippen molar-refractivity contribution in [2.24, 2.45) is 0 Å². The van der Waals surface area contributed by atoms with Crippen molar-refractivity contribution in [3.63, 3.8) is 0 Å². The quantitative estimate of drug-likeness (QED) is 0.613. The van der Waals surface area contributed by atoms with Gasteiger partial charge in [-0.25, -0.2) is 4.79 Å². The third-order valence-corrected chi connectivity index (χ3v) is 2.11. The van der Waals surface area contributed by atoms with Crippen LogP contribution in [0.25, 0.3) is 0 Å². The lowest BCUT2D eigenvalue weighted by molar-refractivity contribution is 0.0525. The zero-order valence-electron chi connectivity index (χ0n) is 7.86. The molecule has 0 radical (unpaired) electrons.